The van der Waals surface area contributed by atoms with E-state index in [9.17, 15) is 0 Å². The van der Waals surface area contributed by atoms with Crippen molar-refractivity contribution in [3.63, 3.8) is 0 Å². The summed E-state index contributed by atoms with van der Waals surface area (Å²) in [4.78, 5) is 6.85. The van der Waals surface area contributed by atoms with Crippen LogP contribution in [0.25, 0.3) is 11.1 Å². The lowest BCUT2D eigenvalue weighted by molar-refractivity contribution is 0.189. The summed E-state index contributed by atoms with van der Waals surface area (Å²) in [5.41, 5.74) is 1.77. The van der Waals surface area contributed by atoms with Gasteiger partial charge in [0.25, 0.3) is 6.01 Å². The molecule has 2 heterocycles. The van der Waals surface area contributed by atoms with E-state index in [1.54, 1.807) is 0 Å². The third kappa shape index (κ3) is 2.20. The highest BCUT2D eigenvalue weighted by molar-refractivity contribution is 5.74. The molecule has 0 aliphatic carbocycles. The molecule has 1 saturated heterocycles. The Hall–Kier alpha value is -1.55. The number of anilines is 1. The van der Waals surface area contributed by atoms with Gasteiger partial charge in [-0.15, -0.1) is 0 Å². The fourth-order valence-corrected chi connectivity index (χ4v) is 2.53. The Morgan fingerprint density at radius 1 is 1.39 bits per heavy atom. The van der Waals surface area contributed by atoms with Gasteiger partial charge in [0.05, 0.1) is 0 Å². The quantitative estimate of drug-likeness (QED) is 0.883. The Balaban J connectivity index is 1.72. The van der Waals surface area contributed by atoms with Crippen LogP contribution in [0.3, 0.4) is 0 Å². The number of fused-ring (bicyclic) bond motifs is 1. The van der Waals surface area contributed by atoms with Gasteiger partial charge >= 0.3 is 0 Å². The minimum Gasteiger partial charge on any atom is -0.424 e. The minimum atomic E-state index is 0.462. The first kappa shape index (κ1) is 11.5. The van der Waals surface area contributed by atoms with Crippen LogP contribution in [0.2, 0.25) is 0 Å². The van der Waals surface area contributed by atoms with Crippen LogP contribution in [0.4, 0.5) is 6.01 Å². The Labute approximate surface area is 107 Å². The molecule has 2 atom stereocenters. The second-order valence-electron chi connectivity index (χ2n) is 5.18. The van der Waals surface area contributed by atoms with Gasteiger partial charge in [0.15, 0.2) is 5.58 Å². The number of aromatic nitrogens is 1. The number of hydrogen-bond acceptors (Lipinski definition) is 4. The maximum absolute atomic E-state index is 5.70. The van der Waals surface area contributed by atoms with E-state index < -0.39 is 0 Å². The number of hydrogen-bond donors (Lipinski definition) is 1. The van der Waals surface area contributed by atoms with E-state index in [0.29, 0.717) is 18.1 Å². The first-order valence-corrected chi connectivity index (χ1v) is 6.55. The van der Waals surface area contributed by atoms with E-state index in [1.165, 1.54) is 0 Å². The molecule has 96 valence electrons. The van der Waals surface area contributed by atoms with Gasteiger partial charge in [-0.3, -0.25) is 0 Å². The van der Waals surface area contributed by atoms with E-state index in [4.69, 9.17) is 4.42 Å². The summed E-state index contributed by atoms with van der Waals surface area (Å²) in [5, 5.41) is 3.42. The summed E-state index contributed by atoms with van der Waals surface area (Å²) in [6, 6.07) is 9.59. The summed E-state index contributed by atoms with van der Waals surface area (Å²) in [6.45, 7) is 3.39. The molecule has 1 N–H and O–H groups in total. The number of nitrogens with zero attached hydrogens (tertiary/aromatic N) is 2. The third-order valence-electron chi connectivity index (χ3n) is 3.83. The average molecular weight is 245 g/mol. The van der Waals surface area contributed by atoms with Crippen LogP contribution in [-0.4, -0.2) is 35.6 Å². The van der Waals surface area contributed by atoms with Crippen LogP contribution in [0.1, 0.15) is 19.8 Å². The highest BCUT2D eigenvalue weighted by atomic mass is 16.4. The van der Waals surface area contributed by atoms with Crippen molar-refractivity contribution in [1.82, 2.24) is 9.88 Å². The lowest BCUT2D eigenvalue weighted by Gasteiger charge is -2.34. The molecule has 0 amide bonds. The summed E-state index contributed by atoms with van der Waals surface area (Å²) in [6.07, 6.45) is 2.27. The summed E-state index contributed by atoms with van der Waals surface area (Å²) < 4.78 is 5.70. The first-order chi connectivity index (χ1) is 8.72. The standard InChI is InChI=1S/C14H19N3O/c1-10-9-11(7-8-17(10)2)15-14-16-12-5-3-4-6-13(12)18-14/h3-6,10-11H,7-9H2,1-2H3,(H,15,16). The number of likely N-dealkylation sites (tertiary alicyclic amines) is 1. The highest BCUT2D eigenvalue weighted by Gasteiger charge is 2.23. The number of rotatable bonds is 2. The maximum atomic E-state index is 5.70. The smallest absolute Gasteiger partial charge is 0.295 e. The van der Waals surface area contributed by atoms with E-state index in [-0.39, 0.29) is 0 Å². The normalized spacial score (nSPS) is 25.4. The predicted octanol–water partition coefficient (Wildman–Crippen LogP) is 2.72. The molecule has 0 spiro atoms. The van der Waals surface area contributed by atoms with Gasteiger partial charge in [0.2, 0.25) is 0 Å². The van der Waals surface area contributed by atoms with Crippen LogP contribution in [-0.2, 0) is 0 Å². The van der Waals surface area contributed by atoms with Gasteiger partial charge < -0.3 is 14.6 Å². The largest absolute Gasteiger partial charge is 0.424 e. The molecule has 1 aliphatic rings. The second kappa shape index (κ2) is 4.61. The zero-order chi connectivity index (χ0) is 12.5. The van der Waals surface area contributed by atoms with Gasteiger partial charge in [-0.1, -0.05) is 12.1 Å². The third-order valence-corrected chi connectivity index (χ3v) is 3.83. The molecule has 3 rings (SSSR count). The molecule has 2 unspecified atom stereocenters. The van der Waals surface area contributed by atoms with Crippen molar-refractivity contribution in [2.24, 2.45) is 0 Å². The van der Waals surface area contributed by atoms with Crippen molar-refractivity contribution < 1.29 is 4.42 Å². The van der Waals surface area contributed by atoms with Crippen molar-refractivity contribution in [2.75, 3.05) is 18.9 Å². The Kier molecular flexibility index (Phi) is 2.96. The van der Waals surface area contributed by atoms with Gasteiger partial charge in [-0.25, -0.2) is 0 Å². The van der Waals surface area contributed by atoms with Crippen LogP contribution in [0, 0.1) is 0 Å². The van der Waals surface area contributed by atoms with Crippen LogP contribution in [0.15, 0.2) is 28.7 Å². The number of nitrogens with one attached hydrogen (secondary N) is 1. The van der Waals surface area contributed by atoms with E-state index in [0.717, 1.165) is 30.5 Å². The molecular weight excluding hydrogens is 226 g/mol. The SMILES string of the molecule is CC1CC(Nc2nc3ccccc3o2)CCN1C. The van der Waals surface area contributed by atoms with Crippen molar-refractivity contribution in [3.05, 3.63) is 24.3 Å². The lowest BCUT2D eigenvalue weighted by Crippen LogP contribution is -2.42. The maximum Gasteiger partial charge on any atom is 0.295 e. The van der Waals surface area contributed by atoms with Crippen LogP contribution < -0.4 is 5.32 Å². The topological polar surface area (TPSA) is 41.3 Å². The number of para-hydroxylation sites is 2. The van der Waals surface area contributed by atoms with Crippen LogP contribution in [0.5, 0.6) is 0 Å². The summed E-state index contributed by atoms with van der Waals surface area (Å²) in [7, 11) is 2.18. The number of oxazole rings is 1. The zero-order valence-corrected chi connectivity index (χ0v) is 10.9. The summed E-state index contributed by atoms with van der Waals surface area (Å²) in [5.74, 6) is 0. The van der Waals surface area contributed by atoms with E-state index >= 15 is 0 Å². The fourth-order valence-electron chi connectivity index (χ4n) is 2.53. The van der Waals surface area contributed by atoms with Crippen molar-refractivity contribution >= 4 is 17.1 Å². The van der Waals surface area contributed by atoms with Gasteiger partial charge in [-0.05, 0) is 38.9 Å². The Bertz CT molecular complexity index is 504. The zero-order valence-electron chi connectivity index (χ0n) is 10.9. The van der Waals surface area contributed by atoms with E-state index in [1.807, 2.05) is 24.3 Å². The molecule has 4 nitrogen and oxygen atoms in total. The van der Waals surface area contributed by atoms with Crippen molar-refractivity contribution in [3.8, 4) is 0 Å². The molecule has 0 radical (unpaired) electrons. The average Bonchev–Trinajstić information content (AvgIpc) is 2.76. The van der Waals surface area contributed by atoms with Gasteiger partial charge in [0.1, 0.15) is 5.52 Å². The molecular formula is C14H19N3O. The number of benzene rings is 1. The summed E-state index contributed by atoms with van der Waals surface area (Å²) >= 11 is 0. The molecule has 4 heteroatoms. The van der Waals surface area contributed by atoms with E-state index in [2.05, 4.69) is 29.2 Å². The molecule has 0 bridgehead atoms. The van der Waals surface area contributed by atoms with Gasteiger partial charge in [0, 0.05) is 18.6 Å². The van der Waals surface area contributed by atoms with Crippen molar-refractivity contribution in [1.29, 1.82) is 0 Å². The minimum absolute atomic E-state index is 0.462. The Morgan fingerprint density at radius 3 is 3.00 bits per heavy atom. The highest BCUT2D eigenvalue weighted by Crippen LogP contribution is 2.22. The molecule has 2 aromatic rings. The number of piperidine rings is 1. The second-order valence-corrected chi connectivity index (χ2v) is 5.18. The van der Waals surface area contributed by atoms with Crippen molar-refractivity contribution in [2.45, 2.75) is 31.8 Å². The molecule has 1 aliphatic heterocycles. The predicted molar refractivity (Wildman–Crippen MR) is 72.7 cm³/mol. The first-order valence-electron chi connectivity index (χ1n) is 6.55. The molecule has 1 aromatic heterocycles. The lowest BCUT2D eigenvalue weighted by atomic mass is 9.99. The molecule has 0 saturated carbocycles. The van der Waals surface area contributed by atoms with Gasteiger partial charge in [-0.2, -0.15) is 4.98 Å². The molecule has 18 heavy (non-hydrogen) atoms. The molecule has 1 aromatic carbocycles. The monoisotopic (exact) mass is 245 g/mol. The Morgan fingerprint density at radius 2 is 2.22 bits per heavy atom. The van der Waals surface area contributed by atoms with Crippen LogP contribution >= 0.6 is 0 Å². The fraction of sp³-hybridized carbons (Fsp3) is 0.500. The molecule has 1 fully saturated rings.